The highest BCUT2D eigenvalue weighted by atomic mass is 32.1. The molecule has 1 aliphatic heterocycles. The quantitative estimate of drug-likeness (QED) is 0.495. The Labute approximate surface area is 183 Å². The zero-order chi connectivity index (χ0) is 21.5. The molecule has 1 aromatic heterocycles. The molecule has 3 aromatic rings. The molecule has 2 heterocycles. The smallest absolute Gasteiger partial charge is 0.249 e. The van der Waals surface area contributed by atoms with Crippen molar-refractivity contribution >= 4 is 45.0 Å². The second kappa shape index (κ2) is 7.74. The first kappa shape index (κ1) is 19.6. The molecule has 0 unspecified atom stereocenters. The number of rotatable bonds is 4. The maximum absolute atomic E-state index is 12.8. The van der Waals surface area contributed by atoms with Crippen LogP contribution in [0, 0.1) is 11.8 Å². The SMILES string of the molecule is C[C@@H](C(=O)Nc1nc(-c2ccc3ccccc3c2)cs1)N1C(=O)[C@H]2CC=CC[C@H]2C1=O. The van der Waals surface area contributed by atoms with E-state index >= 15 is 0 Å². The van der Waals surface area contributed by atoms with Gasteiger partial charge in [0.25, 0.3) is 0 Å². The van der Waals surface area contributed by atoms with Crippen molar-refractivity contribution in [1.29, 1.82) is 0 Å². The van der Waals surface area contributed by atoms with Crippen LogP contribution in [0.25, 0.3) is 22.0 Å². The number of hydrogen-bond donors (Lipinski definition) is 1. The van der Waals surface area contributed by atoms with Crippen molar-refractivity contribution in [3.8, 4) is 11.3 Å². The van der Waals surface area contributed by atoms with Crippen LogP contribution in [0.4, 0.5) is 5.13 Å². The Morgan fingerprint density at radius 1 is 1.06 bits per heavy atom. The summed E-state index contributed by atoms with van der Waals surface area (Å²) in [4.78, 5) is 43.9. The molecule has 1 N–H and O–H groups in total. The van der Waals surface area contributed by atoms with Crippen molar-refractivity contribution in [2.45, 2.75) is 25.8 Å². The minimum atomic E-state index is -0.876. The van der Waals surface area contributed by atoms with Crippen molar-refractivity contribution in [2.75, 3.05) is 5.32 Å². The number of hydrogen-bond acceptors (Lipinski definition) is 5. The first-order chi connectivity index (χ1) is 15.0. The third kappa shape index (κ3) is 3.45. The Balaban J connectivity index is 1.31. The van der Waals surface area contributed by atoms with Gasteiger partial charge in [-0.25, -0.2) is 4.98 Å². The largest absolute Gasteiger partial charge is 0.300 e. The Kier molecular flexibility index (Phi) is 4.90. The average Bonchev–Trinajstić information content (AvgIpc) is 3.36. The third-order valence-corrected chi connectivity index (χ3v) is 6.85. The Morgan fingerprint density at radius 3 is 2.45 bits per heavy atom. The fourth-order valence-electron chi connectivity index (χ4n) is 4.35. The summed E-state index contributed by atoms with van der Waals surface area (Å²) in [5.41, 5.74) is 1.73. The monoisotopic (exact) mass is 431 g/mol. The van der Waals surface area contributed by atoms with Gasteiger partial charge < -0.3 is 5.32 Å². The summed E-state index contributed by atoms with van der Waals surface area (Å²) >= 11 is 1.32. The van der Waals surface area contributed by atoms with Crippen molar-refractivity contribution < 1.29 is 14.4 Å². The Morgan fingerprint density at radius 2 is 1.74 bits per heavy atom. The van der Waals surface area contributed by atoms with E-state index in [9.17, 15) is 14.4 Å². The molecule has 31 heavy (non-hydrogen) atoms. The maximum atomic E-state index is 12.8. The summed E-state index contributed by atoms with van der Waals surface area (Å²) in [7, 11) is 0. The van der Waals surface area contributed by atoms with E-state index in [4.69, 9.17) is 0 Å². The first-order valence-electron chi connectivity index (χ1n) is 10.3. The molecule has 2 aromatic carbocycles. The van der Waals surface area contributed by atoms with Crippen LogP contribution < -0.4 is 5.32 Å². The van der Waals surface area contributed by atoms with Gasteiger partial charge in [-0.1, -0.05) is 48.6 Å². The van der Waals surface area contributed by atoms with Gasteiger partial charge in [0.15, 0.2) is 5.13 Å². The minimum absolute atomic E-state index is 0.252. The van der Waals surface area contributed by atoms with Gasteiger partial charge >= 0.3 is 0 Å². The molecule has 1 saturated heterocycles. The summed E-state index contributed by atoms with van der Waals surface area (Å²) in [6, 6.07) is 13.3. The predicted octanol–water partition coefficient (Wildman–Crippen LogP) is 4.24. The predicted molar refractivity (Wildman–Crippen MR) is 120 cm³/mol. The lowest BCUT2D eigenvalue weighted by atomic mass is 9.85. The van der Waals surface area contributed by atoms with Crippen LogP contribution in [0.2, 0.25) is 0 Å². The van der Waals surface area contributed by atoms with Crippen LogP contribution in [0.5, 0.6) is 0 Å². The van der Waals surface area contributed by atoms with Crippen LogP contribution in [0.1, 0.15) is 19.8 Å². The van der Waals surface area contributed by atoms with Gasteiger partial charge in [-0.3, -0.25) is 19.3 Å². The maximum Gasteiger partial charge on any atom is 0.249 e. The van der Waals surface area contributed by atoms with E-state index in [1.807, 2.05) is 47.9 Å². The molecule has 0 spiro atoms. The van der Waals surface area contributed by atoms with E-state index in [2.05, 4.69) is 22.4 Å². The molecular weight excluding hydrogens is 410 g/mol. The number of nitrogens with zero attached hydrogens (tertiary/aromatic N) is 2. The number of imide groups is 1. The number of amides is 3. The molecule has 7 heteroatoms. The molecular formula is C24H21N3O3S. The fraction of sp³-hybridized carbons (Fsp3) is 0.250. The molecule has 2 aliphatic rings. The number of carbonyl (C=O) groups is 3. The summed E-state index contributed by atoms with van der Waals surface area (Å²) in [6.07, 6.45) is 4.98. The molecule has 0 saturated carbocycles. The van der Waals surface area contributed by atoms with Crippen LogP contribution in [0.3, 0.4) is 0 Å². The number of aromatic nitrogens is 1. The van der Waals surface area contributed by atoms with Gasteiger partial charge in [-0.15, -0.1) is 11.3 Å². The van der Waals surface area contributed by atoms with Gasteiger partial charge in [-0.2, -0.15) is 0 Å². The number of likely N-dealkylation sites (tertiary alicyclic amines) is 1. The number of nitrogens with one attached hydrogen (secondary N) is 1. The second-order valence-corrected chi connectivity index (χ2v) is 8.83. The Bertz CT molecular complexity index is 1210. The van der Waals surface area contributed by atoms with Crippen LogP contribution in [-0.4, -0.2) is 33.6 Å². The molecule has 6 nitrogen and oxygen atoms in total. The molecule has 5 rings (SSSR count). The van der Waals surface area contributed by atoms with Crippen molar-refractivity contribution in [2.24, 2.45) is 11.8 Å². The van der Waals surface area contributed by atoms with E-state index in [0.29, 0.717) is 18.0 Å². The normalized spacial score (nSPS) is 21.4. The number of anilines is 1. The molecule has 0 bridgehead atoms. The summed E-state index contributed by atoms with van der Waals surface area (Å²) < 4.78 is 0. The average molecular weight is 432 g/mol. The molecule has 3 amide bonds. The Hall–Kier alpha value is -3.32. The van der Waals surface area contributed by atoms with Gasteiger partial charge in [0.05, 0.1) is 17.5 Å². The highest BCUT2D eigenvalue weighted by Gasteiger charge is 2.50. The summed E-state index contributed by atoms with van der Waals surface area (Å²) in [5, 5.41) is 7.38. The van der Waals surface area contributed by atoms with Crippen molar-refractivity contribution in [1.82, 2.24) is 9.88 Å². The summed E-state index contributed by atoms with van der Waals surface area (Å²) in [6.45, 7) is 1.59. The van der Waals surface area contributed by atoms with E-state index in [1.54, 1.807) is 6.92 Å². The third-order valence-electron chi connectivity index (χ3n) is 6.09. The molecule has 1 aliphatic carbocycles. The highest BCUT2D eigenvalue weighted by molar-refractivity contribution is 7.14. The highest BCUT2D eigenvalue weighted by Crippen LogP contribution is 2.36. The van der Waals surface area contributed by atoms with Crippen LogP contribution in [0.15, 0.2) is 60.0 Å². The van der Waals surface area contributed by atoms with Crippen LogP contribution >= 0.6 is 11.3 Å². The number of allylic oxidation sites excluding steroid dienone is 2. The molecule has 156 valence electrons. The molecule has 0 radical (unpaired) electrons. The lowest BCUT2D eigenvalue weighted by molar-refractivity contribution is -0.146. The van der Waals surface area contributed by atoms with E-state index in [0.717, 1.165) is 26.9 Å². The first-order valence-corrected chi connectivity index (χ1v) is 11.2. The minimum Gasteiger partial charge on any atom is -0.300 e. The summed E-state index contributed by atoms with van der Waals surface area (Å²) in [5.74, 6) is -1.59. The number of fused-ring (bicyclic) bond motifs is 2. The van der Waals surface area contributed by atoms with Gasteiger partial charge in [0.1, 0.15) is 6.04 Å². The van der Waals surface area contributed by atoms with Gasteiger partial charge in [-0.05, 0) is 36.6 Å². The molecule has 3 atom stereocenters. The number of carbonyl (C=O) groups excluding carboxylic acids is 3. The lowest BCUT2D eigenvalue weighted by Gasteiger charge is -2.21. The standard InChI is InChI=1S/C24H21N3O3S/c1-14(27-22(29)18-8-4-5-9-19(18)23(27)30)21(28)26-24-25-20(13-31-24)17-11-10-15-6-2-3-7-16(15)12-17/h2-7,10-14,18-19H,8-9H2,1H3,(H,25,26,28)/t14-,18-,19+/m0/s1. The molecule has 1 fully saturated rings. The van der Waals surface area contributed by atoms with E-state index in [-0.39, 0.29) is 23.7 Å². The topological polar surface area (TPSA) is 79.4 Å². The lowest BCUT2D eigenvalue weighted by Crippen LogP contribution is -2.46. The van der Waals surface area contributed by atoms with E-state index in [1.165, 1.54) is 11.3 Å². The van der Waals surface area contributed by atoms with Crippen molar-refractivity contribution in [3.63, 3.8) is 0 Å². The zero-order valence-electron chi connectivity index (χ0n) is 16.9. The number of benzene rings is 2. The fourth-order valence-corrected chi connectivity index (χ4v) is 5.07. The zero-order valence-corrected chi connectivity index (χ0v) is 17.8. The van der Waals surface area contributed by atoms with Crippen LogP contribution in [-0.2, 0) is 14.4 Å². The van der Waals surface area contributed by atoms with E-state index < -0.39 is 11.9 Å². The van der Waals surface area contributed by atoms with Crippen molar-refractivity contribution in [3.05, 3.63) is 60.0 Å². The number of thiazole rings is 1. The van der Waals surface area contributed by atoms with Gasteiger partial charge in [0, 0.05) is 10.9 Å². The second-order valence-electron chi connectivity index (χ2n) is 7.97. The van der Waals surface area contributed by atoms with Gasteiger partial charge in [0.2, 0.25) is 17.7 Å².